The molecule has 0 fully saturated rings. The number of benzene rings is 5. The maximum absolute atomic E-state index is 6.25. The molecular weight excluding hydrogens is 452 g/mol. The molecule has 0 saturated heterocycles. The first-order chi connectivity index (χ1) is 18.3. The van der Waals surface area contributed by atoms with Crippen molar-refractivity contribution in [1.29, 1.82) is 0 Å². The van der Waals surface area contributed by atoms with Gasteiger partial charge >= 0.3 is 0 Å². The van der Waals surface area contributed by atoms with Crippen LogP contribution in [0.1, 0.15) is 0 Å². The van der Waals surface area contributed by atoms with Crippen LogP contribution in [0.3, 0.4) is 0 Å². The summed E-state index contributed by atoms with van der Waals surface area (Å²) in [7, 11) is 0. The Balaban J connectivity index is 1.50. The Bertz CT molecular complexity index is 1850. The molecule has 0 aliphatic heterocycles. The van der Waals surface area contributed by atoms with E-state index in [0.717, 1.165) is 55.8 Å². The summed E-state index contributed by atoms with van der Waals surface area (Å²) in [6.45, 7) is 0. The quantitative estimate of drug-likeness (QED) is 0.255. The van der Waals surface area contributed by atoms with Crippen molar-refractivity contribution < 1.29 is 4.42 Å². The van der Waals surface area contributed by atoms with Crippen molar-refractivity contribution in [2.45, 2.75) is 0 Å². The summed E-state index contributed by atoms with van der Waals surface area (Å²) in [5, 5.41) is 3.38. The van der Waals surface area contributed by atoms with Crippen molar-refractivity contribution in [3.05, 3.63) is 133 Å². The normalized spacial score (nSPS) is 11.2. The molecule has 7 rings (SSSR count). The zero-order chi connectivity index (χ0) is 24.6. The van der Waals surface area contributed by atoms with Crippen LogP contribution in [0.25, 0.3) is 67.0 Å². The van der Waals surface area contributed by atoms with Gasteiger partial charge in [0.25, 0.3) is 0 Å². The summed E-state index contributed by atoms with van der Waals surface area (Å²) < 4.78 is 6.25. The fourth-order valence-corrected chi connectivity index (χ4v) is 4.94. The van der Waals surface area contributed by atoms with Crippen LogP contribution >= 0.6 is 0 Å². The van der Waals surface area contributed by atoms with Crippen molar-refractivity contribution in [2.75, 3.05) is 0 Å². The van der Waals surface area contributed by atoms with E-state index < -0.39 is 0 Å². The first-order valence-corrected chi connectivity index (χ1v) is 12.3. The highest BCUT2D eigenvalue weighted by molar-refractivity contribution is 5.96. The van der Waals surface area contributed by atoms with Gasteiger partial charge < -0.3 is 4.42 Å². The van der Waals surface area contributed by atoms with Gasteiger partial charge in [0.05, 0.1) is 5.69 Å². The Morgan fingerprint density at radius 3 is 1.97 bits per heavy atom. The average molecular weight is 475 g/mol. The minimum atomic E-state index is 0.667. The number of hydrogen-bond acceptors (Lipinski definition) is 3. The lowest BCUT2D eigenvalue weighted by molar-refractivity contribution is 0.628. The molecular formula is C34H22N2O. The minimum absolute atomic E-state index is 0.667. The minimum Gasteiger partial charge on any atom is -0.454 e. The molecule has 2 heterocycles. The average Bonchev–Trinajstić information content (AvgIpc) is 3.42. The topological polar surface area (TPSA) is 38.9 Å². The second-order valence-corrected chi connectivity index (χ2v) is 9.05. The Morgan fingerprint density at radius 2 is 1.11 bits per heavy atom. The van der Waals surface area contributed by atoms with Gasteiger partial charge in [-0.05, 0) is 40.1 Å². The second kappa shape index (κ2) is 8.89. The van der Waals surface area contributed by atoms with Crippen LogP contribution in [0.15, 0.2) is 138 Å². The molecule has 0 spiro atoms. The lowest BCUT2D eigenvalue weighted by atomic mass is 9.98. The predicted octanol–water partition coefficient (Wildman–Crippen LogP) is 9.04. The summed E-state index contributed by atoms with van der Waals surface area (Å²) in [5.41, 5.74) is 6.72. The Labute approximate surface area is 214 Å². The van der Waals surface area contributed by atoms with E-state index in [0.29, 0.717) is 5.82 Å². The zero-order valence-electron chi connectivity index (χ0n) is 20.0. The maximum Gasteiger partial charge on any atom is 0.161 e. The molecule has 0 atom stereocenters. The van der Waals surface area contributed by atoms with Gasteiger partial charge in [0.15, 0.2) is 11.6 Å². The second-order valence-electron chi connectivity index (χ2n) is 9.05. The largest absolute Gasteiger partial charge is 0.454 e. The van der Waals surface area contributed by atoms with Gasteiger partial charge in [-0.25, -0.2) is 9.97 Å². The molecule has 0 saturated carbocycles. The molecule has 0 N–H and O–H groups in total. The van der Waals surface area contributed by atoms with Gasteiger partial charge in [-0.1, -0.05) is 115 Å². The Kier molecular flexibility index (Phi) is 5.11. The van der Waals surface area contributed by atoms with Crippen LogP contribution in [0, 0.1) is 0 Å². The summed E-state index contributed by atoms with van der Waals surface area (Å²) in [6.07, 6.45) is 0. The summed E-state index contributed by atoms with van der Waals surface area (Å²) in [6, 6.07) is 45.6. The fraction of sp³-hybridized carbons (Fsp3) is 0. The molecule has 0 aliphatic rings. The van der Waals surface area contributed by atoms with E-state index in [1.807, 2.05) is 36.4 Å². The SMILES string of the molecule is c1ccc(-c2ccccc2-c2nc(-c3cc4ccccc4o3)cc(-c3cccc4ccccc34)n2)cc1. The van der Waals surface area contributed by atoms with E-state index in [2.05, 4.69) is 97.1 Å². The number of nitrogens with zero attached hydrogens (tertiary/aromatic N) is 2. The maximum atomic E-state index is 6.25. The fourth-order valence-electron chi connectivity index (χ4n) is 4.94. The van der Waals surface area contributed by atoms with Gasteiger partial charge in [-0.3, -0.25) is 0 Å². The summed E-state index contributed by atoms with van der Waals surface area (Å²) >= 11 is 0. The third-order valence-corrected chi connectivity index (χ3v) is 6.72. The number of rotatable bonds is 4. The third-order valence-electron chi connectivity index (χ3n) is 6.72. The zero-order valence-corrected chi connectivity index (χ0v) is 20.0. The van der Waals surface area contributed by atoms with Crippen molar-refractivity contribution >= 4 is 21.7 Å². The van der Waals surface area contributed by atoms with Gasteiger partial charge in [-0.15, -0.1) is 0 Å². The first-order valence-electron chi connectivity index (χ1n) is 12.3. The third kappa shape index (κ3) is 3.87. The standard InChI is InChI=1S/C34H22N2O/c1-2-11-23(12-3-1)27-17-7-8-18-29(27)34-35-30(28-19-10-15-24-13-4-6-16-26(24)28)22-31(36-34)33-21-25-14-5-9-20-32(25)37-33/h1-22H. The van der Waals surface area contributed by atoms with E-state index in [9.17, 15) is 0 Å². The van der Waals surface area contributed by atoms with Crippen LogP contribution in [-0.4, -0.2) is 9.97 Å². The van der Waals surface area contributed by atoms with Crippen LogP contribution in [-0.2, 0) is 0 Å². The van der Waals surface area contributed by atoms with Gasteiger partial charge in [0, 0.05) is 16.5 Å². The van der Waals surface area contributed by atoms with E-state index in [1.165, 1.54) is 5.39 Å². The van der Waals surface area contributed by atoms with Crippen molar-refractivity contribution in [3.8, 4) is 45.2 Å². The van der Waals surface area contributed by atoms with Crippen LogP contribution in [0.5, 0.6) is 0 Å². The van der Waals surface area contributed by atoms with Crippen molar-refractivity contribution in [2.24, 2.45) is 0 Å². The van der Waals surface area contributed by atoms with Gasteiger partial charge in [-0.2, -0.15) is 0 Å². The first kappa shape index (κ1) is 21.3. The molecule has 7 aromatic rings. The molecule has 0 aliphatic carbocycles. The lowest BCUT2D eigenvalue weighted by Crippen LogP contribution is -1.97. The molecule has 5 aromatic carbocycles. The molecule has 2 aromatic heterocycles. The monoisotopic (exact) mass is 474 g/mol. The molecule has 174 valence electrons. The van der Waals surface area contributed by atoms with E-state index in [-0.39, 0.29) is 0 Å². The highest BCUT2D eigenvalue weighted by Crippen LogP contribution is 2.36. The van der Waals surface area contributed by atoms with E-state index >= 15 is 0 Å². The van der Waals surface area contributed by atoms with Crippen LogP contribution in [0.2, 0.25) is 0 Å². The van der Waals surface area contributed by atoms with Crippen molar-refractivity contribution in [3.63, 3.8) is 0 Å². The van der Waals surface area contributed by atoms with Gasteiger partial charge in [0.2, 0.25) is 0 Å². The summed E-state index contributed by atoms with van der Waals surface area (Å²) in [5.74, 6) is 1.39. The number of hydrogen-bond donors (Lipinski definition) is 0. The highest BCUT2D eigenvalue weighted by atomic mass is 16.3. The summed E-state index contributed by atoms with van der Waals surface area (Å²) in [4.78, 5) is 10.2. The number of para-hydroxylation sites is 1. The van der Waals surface area contributed by atoms with Crippen molar-refractivity contribution in [1.82, 2.24) is 9.97 Å². The lowest BCUT2D eigenvalue weighted by Gasteiger charge is -2.13. The number of fused-ring (bicyclic) bond motifs is 2. The molecule has 0 radical (unpaired) electrons. The molecule has 3 nitrogen and oxygen atoms in total. The van der Waals surface area contributed by atoms with Gasteiger partial charge in [0.1, 0.15) is 11.3 Å². The molecule has 3 heteroatoms. The highest BCUT2D eigenvalue weighted by Gasteiger charge is 2.17. The van der Waals surface area contributed by atoms with Crippen LogP contribution in [0.4, 0.5) is 0 Å². The van der Waals surface area contributed by atoms with E-state index in [1.54, 1.807) is 0 Å². The Hall–Kier alpha value is -5.02. The number of aromatic nitrogens is 2. The molecule has 37 heavy (non-hydrogen) atoms. The number of furan rings is 1. The van der Waals surface area contributed by atoms with E-state index in [4.69, 9.17) is 14.4 Å². The molecule has 0 bridgehead atoms. The predicted molar refractivity (Wildman–Crippen MR) is 151 cm³/mol. The molecule has 0 unspecified atom stereocenters. The molecule has 0 amide bonds. The smallest absolute Gasteiger partial charge is 0.161 e. The van der Waals surface area contributed by atoms with Crippen LogP contribution < -0.4 is 0 Å². The Morgan fingerprint density at radius 1 is 0.459 bits per heavy atom.